The Morgan fingerprint density at radius 3 is 2.92 bits per heavy atom. The first-order chi connectivity index (χ1) is 5.66. The van der Waals surface area contributed by atoms with Crippen molar-refractivity contribution in [2.45, 2.75) is 19.4 Å². The van der Waals surface area contributed by atoms with Crippen LogP contribution in [0.1, 0.15) is 23.8 Å². The zero-order chi connectivity index (χ0) is 9.14. The molecule has 12 heavy (non-hydrogen) atoms. The topological polar surface area (TPSA) is 60.9 Å². The molecule has 0 aliphatic heterocycles. The fourth-order valence-corrected chi connectivity index (χ4v) is 0.991. The standard InChI is InChI=1S/C8H13N3O/c1-3-6(9)8(12)7-4-5-10-11(7)2/h4-6H,3,9H2,1-2H3. The van der Waals surface area contributed by atoms with Gasteiger partial charge in [-0.1, -0.05) is 6.92 Å². The third-order valence-corrected chi connectivity index (χ3v) is 1.85. The summed E-state index contributed by atoms with van der Waals surface area (Å²) >= 11 is 0. The summed E-state index contributed by atoms with van der Waals surface area (Å²) in [6.07, 6.45) is 2.25. The monoisotopic (exact) mass is 167 g/mol. The van der Waals surface area contributed by atoms with Gasteiger partial charge in [0.15, 0.2) is 5.78 Å². The van der Waals surface area contributed by atoms with Crippen molar-refractivity contribution < 1.29 is 4.79 Å². The molecule has 2 N–H and O–H groups in total. The number of nitrogens with two attached hydrogens (primary N) is 1. The Kier molecular flexibility index (Phi) is 2.60. The number of nitrogens with zero attached hydrogens (tertiary/aromatic N) is 2. The predicted molar refractivity (Wildman–Crippen MR) is 45.8 cm³/mol. The molecular formula is C8H13N3O. The lowest BCUT2D eigenvalue weighted by atomic mass is 10.1. The largest absolute Gasteiger partial charge is 0.321 e. The van der Waals surface area contributed by atoms with Crippen LogP contribution in [-0.4, -0.2) is 21.6 Å². The van der Waals surface area contributed by atoms with Crippen molar-refractivity contribution in [3.8, 4) is 0 Å². The van der Waals surface area contributed by atoms with Gasteiger partial charge in [-0.2, -0.15) is 5.10 Å². The molecule has 4 nitrogen and oxygen atoms in total. The number of hydrogen-bond donors (Lipinski definition) is 1. The summed E-state index contributed by atoms with van der Waals surface area (Å²) in [5.41, 5.74) is 6.16. The van der Waals surface area contributed by atoms with E-state index in [1.165, 1.54) is 4.68 Å². The van der Waals surface area contributed by atoms with Crippen LogP contribution in [0.3, 0.4) is 0 Å². The van der Waals surface area contributed by atoms with Gasteiger partial charge in [0.2, 0.25) is 0 Å². The average Bonchev–Trinajstić information content (AvgIpc) is 2.48. The van der Waals surface area contributed by atoms with E-state index >= 15 is 0 Å². The molecule has 66 valence electrons. The molecule has 0 fully saturated rings. The second kappa shape index (κ2) is 3.49. The third-order valence-electron chi connectivity index (χ3n) is 1.85. The van der Waals surface area contributed by atoms with Gasteiger partial charge in [-0.05, 0) is 12.5 Å². The van der Waals surface area contributed by atoms with Crippen LogP contribution in [0.5, 0.6) is 0 Å². The summed E-state index contributed by atoms with van der Waals surface area (Å²) in [5.74, 6) is -0.0440. The fraction of sp³-hybridized carbons (Fsp3) is 0.500. The van der Waals surface area contributed by atoms with E-state index in [-0.39, 0.29) is 5.78 Å². The minimum Gasteiger partial charge on any atom is -0.321 e. The lowest BCUT2D eigenvalue weighted by Crippen LogP contribution is -2.30. The SMILES string of the molecule is CCC(N)C(=O)c1ccnn1C. The summed E-state index contributed by atoms with van der Waals surface area (Å²) in [7, 11) is 1.73. The van der Waals surface area contributed by atoms with Crippen LogP contribution in [0.15, 0.2) is 12.3 Å². The minimum atomic E-state index is -0.402. The van der Waals surface area contributed by atoms with Crippen molar-refractivity contribution in [2.75, 3.05) is 0 Å². The van der Waals surface area contributed by atoms with Crippen molar-refractivity contribution in [2.24, 2.45) is 12.8 Å². The van der Waals surface area contributed by atoms with Crippen LogP contribution in [0, 0.1) is 0 Å². The number of hydrogen-bond acceptors (Lipinski definition) is 3. The molecule has 0 aliphatic carbocycles. The zero-order valence-electron chi connectivity index (χ0n) is 7.32. The van der Waals surface area contributed by atoms with E-state index in [1.807, 2.05) is 6.92 Å². The van der Waals surface area contributed by atoms with Gasteiger partial charge in [-0.15, -0.1) is 0 Å². The van der Waals surface area contributed by atoms with Crippen LogP contribution in [0.4, 0.5) is 0 Å². The minimum absolute atomic E-state index is 0.0440. The van der Waals surface area contributed by atoms with Gasteiger partial charge in [-0.25, -0.2) is 0 Å². The Morgan fingerprint density at radius 2 is 2.50 bits per heavy atom. The van der Waals surface area contributed by atoms with Gasteiger partial charge in [-0.3, -0.25) is 9.48 Å². The molecule has 4 heteroatoms. The normalized spacial score (nSPS) is 12.9. The van der Waals surface area contributed by atoms with Crippen molar-refractivity contribution in [1.29, 1.82) is 0 Å². The second-order valence-electron chi connectivity index (χ2n) is 2.72. The molecule has 1 atom stereocenters. The predicted octanol–water partition coefficient (Wildman–Crippen LogP) is 0.340. The summed E-state index contributed by atoms with van der Waals surface area (Å²) in [5, 5.41) is 3.89. The van der Waals surface area contributed by atoms with Crippen molar-refractivity contribution in [3.05, 3.63) is 18.0 Å². The van der Waals surface area contributed by atoms with E-state index in [0.29, 0.717) is 12.1 Å². The van der Waals surface area contributed by atoms with E-state index in [1.54, 1.807) is 19.3 Å². The molecule has 0 aliphatic rings. The first-order valence-corrected chi connectivity index (χ1v) is 3.94. The summed E-state index contributed by atoms with van der Waals surface area (Å²) in [4.78, 5) is 11.5. The number of ketones is 1. The maximum absolute atomic E-state index is 11.5. The highest BCUT2D eigenvalue weighted by molar-refractivity contribution is 5.98. The molecule has 0 spiro atoms. The highest BCUT2D eigenvalue weighted by Gasteiger charge is 2.16. The molecule has 1 heterocycles. The van der Waals surface area contributed by atoms with Gasteiger partial charge in [0.05, 0.1) is 6.04 Å². The molecule has 1 unspecified atom stereocenters. The van der Waals surface area contributed by atoms with E-state index in [4.69, 9.17) is 5.73 Å². The maximum atomic E-state index is 11.5. The van der Waals surface area contributed by atoms with Crippen LogP contribution in [0.25, 0.3) is 0 Å². The quantitative estimate of drug-likeness (QED) is 0.660. The number of carbonyl (C=O) groups is 1. The first-order valence-electron chi connectivity index (χ1n) is 3.94. The Morgan fingerprint density at radius 1 is 1.83 bits per heavy atom. The smallest absolute Gasteiger partial charge is 0.197 e. The molecule has 0 saturated heterocycles. The molecule has 1 rings (SSSR count). The van der Waals surface area contributed by atoms with E-state index in [9.17, 15) is 4.79 Å². The lowest BCUT2D eigenvalue weighted by Gasteiger charge is -2.06. The average molecular weight is 167 g/mol. The molecule has 0 amide bonds. The molecular weight excluding hydrogens is 154 g/mol. The summed E-state index contributed by atoms with van der Waals surface area (Å²) in [6.45, 7) is 1.89. The lowest BCUT2D eigenvalue weighted by molar-refractivity contribution is 0.0950. The van der Waals surface area contributed by atoms with Gasteiger partial charge >= 0.3 is 0 Å². The fourth-order valence-electron chi connectivity index (χ4n) is 0.991. The van der Waals surface area contributed by atoms with Crippen LogP contribution >= 0.6 is 0 Å². The Hall–Kier alpha value is -1.16. The van der Waals surface area contributed by atoms with Crippen molar-refractivity contribution in [3.63, 3.8) is 0 Å². The highest BCUT2D eigenvalue weighted by atomic mass is 16.1. The van der Waals surface area contributed by atoms with Gasteiger partial charge in [0.25, 0.3) is 0 Å². The van der Waals surface area contributed by atoms with Crippen LogP contribution in [0.2, 0.25) is 0 Å². The van der Waals surface area contributed by atoms with Crippen molar-refractivity contribution >= 4 is 5.78 Å². The molecule has 0 saturated carbocycles. The Labute approximate surface area is 71.4 Å². The molecule has 0 bridgehead atoms. The third kappa shape index (κ3) is 1.53. The van der Waals surface area contributed by atoms with Crippen LogP contribution in [-0.2, 0) is 7.05 Å². The number of carbonyl (C=O) groups excluding carboxylic acids is 1. The summed E-state index contributed by atoms with van der Waals surface area (Å²) in [6, 6.07) is 1.28. The highest BCUT2D eigenvalue weighted by Crippen LogP contribution is 2.02. The first kappa shape index (κ1) is 8.93. The maximum Gasteiger partial charge on any atom is 0.197 e. The van der Waals surface area contributed by atoms with Gasteiger partial charge in [0, 0.05) is 13.2 Å². The molecule has 1 aromatic rings. The Balaban J connectivity index is 2.85. The molecule has 0 radical (unpaired) electrons. The van der Waals surface area contributed by atoms with Gasteiger partial charge < -0.3 is 5.73 Å². The number of Topliss-reactive ketones (excluding diaryl/α,β-unsaturated/α-hetero) is 1. The second-order valence-corrected chi connectivity index (χ2v) is 2.72. The zero-order valence-corrected chi connectivity index (χ0v) is 7.32. The number of aromatic nitrogens is 2. The van der Waals surface area contributed by atoms with Crippen LogP contribution < -0.4 is 5.73 Å². The molecule has 0 aromatic carbocycles. The number of aryl methyl sites for hydroxylation is 1. The Bertz CT molecular complexity index is 280. The number of rotatable bonds is 3. The summed E-state index contributed by atoms with van der Waals surface area (Å²) < 4.78 is 1.54. The van der Waals surface area contributed by atoms with E-state index in [2.05, 4.69) is 5.10 Å². The van der Waals surface area contributed by atoms with E-state index < -0.39 is 6.04 Å². The van der Waals surface area contributed by atoms with Crippen molar-refractivity contribution in [1.82, 2.24) is 9.78 Å². The molecule has 1 aromatic heterocycles. The van der Waals surface area contributed by atoms with Gasteiger partial charge in [0.1, 0.15) is 5.69 Å². The van der Waals surface area contributed by atoms with E-state index in [0.717, 1.165) is 0 Å².